The van der Waals surface area contributed by atoms with E-state index in [0.29, 0.717) is 19.6 Å². The number of rotatable bonds is 6. The molecular formula is C28H28F3N3O3. The van der Waals surface area contributed by atoms with E-state index >= 15 is 0 Å². The van der Waals surface area contributed by atoms with Crippen LogP contribution in [-0.4, -0.2) is 48.4 Å². The molecule has 0 saturated carbocycles. The number of hydrogen-bond acceptors (Lipinski definition) is 4. The average molecular weight is 512 g/mol. The molecule has 2 amide bonds. The molecule has 2 heterocycles. The first-order valence-corrected chi connectivity index (χ1v) is 12.2. The van der Waals surface area contributed by atoms with E-state index in [1.807, 2.05) is 53.4 Å². The molecule has 9 heteroatoms. The highest BCUT2D eigenvalue weighted by molar-refractivity contribution is 5.94. The smallest absolute Gasteiger partial charge is 0.497 e. The van der Waals surface area contributed by atoms with Gasteiger partial charge in [0.05, 0.1) is 13.2 Å². The molecular weight excluding hydrogens is 483 g/mol. The van der Waals surface area contributed by atoms with Gasteiger partial charge in [0.2, 0.25) is 0 Å². The van der Waals surface area contributed by atoms with Crippen LogP contribution >= 0.6 is 0 Å². The Balaban J connectivity index is 1.33. The van der Waals surface area contributed by atoms with Crippen molar-refractivity contribution in [2.45, 2.75) is 37.8 Å². The van der Waals surface area contributed by atoms with Crippen molar-refractivity contribution < 1.29 is 27.4 Å². The molecule has 0 radical (unpaired) electrons. The highest BCUT2D eigenvalue weighted by Crippen LogP contribution is 2.42. The Kier molecular flexibility index (Phi) is 6.97. The molecule has 1 N–H and O–H groups in total. The van der Waals surface area contributed by atoms with E-state index in [4.69, 9.17) is 4.74 Å². The summed E-state index contributed by atoms with van der Waals surface area (Å²) in [6, 6.07) is 21.3. The standard InChI is InChI=1S/C28H28F3N3O3/c1-36-22-10-11-25-24(17-22)26(20-7-3-2-4-8-20)34(27(35)32-25)21-12-14-33(15-13-21)18-19-6-5-9-23(16-19)37-28(29,30)31/h2-11,16-17,21,26H,12-15,18H2,1H3,(H,32,35). The van der Waals surface area contributed by atoms with Crippen molar-refractivity contribution in [1.82, 2.24) is 9.80 Å². The van der Waals surface area contributed by atoms with Gasteiger partial charge in [0.15, 0.2) is 0 Å². The van der Waals surface area contributed by atoms with E-state index in [1.165, 1.54) is 12.1 Å². The Bertz CT molecular complexity index is 1240. The third-order valence-corrected chi connectivity index (χ3v) is 6.91. The lowest BCUT2D eigenvalue weighted by atomic mass is 9.90. The fourth-order valence-corrected chi connectivity index (χ4v) is 5.26. The van der Waals surface area contributed by atoms with Gasteiger partial charge < -0.3 is 19.7 Å². The van der Waals surface area contributed by atoms with Gasteiger partial charge in [-0.1, -0.05) is 42.5 Å². The fourth-order valence-electron chi connectivity index (χ4n) is 5.26. The van der Waals surface area contributed by atoms with Crippen LogP contribution < -0.4 is 14.8 Å². The summed E-state index contributed by atoms with van der Waals surface area (Å²) in [5, 5.41) is 3.05. The van der Waals surface area contributed by atoms with Gasteiger partial charge >= 0.3 is 12.4 Å². The minimum absolute atomic E-state index is 0.000652. The van der Waals surface area contributed by atoms with Gasteiger partial charge in [-0.3, -0.25) is 4.90 Å². The molecule has 0 bridgehead atoms. The van der Waals surface area contributed by atoms with E-state index in [1.54, 1.807) is 19.2 Å². The predicted molar refractivity (Wildman–Crippen MR) is 134 cm³/mol. The summed E-state index contributed by atoms with van der Waals surface area (Å²) in [4.78, 5) is 17.5. The number of carbonyl (C=O) groups is 1. The Hall–Kier alpha value is -3.72. The molecule has 1 fully saturated rings. The second-order valence-corrected chi connectivity index (χ2v) is 9.31. The number of fused-ring (bicyclic) bond motifs is 1. The number of methoxy groups -OCH3 is 1. The van der Waals surface area contributed by atoms with Crippen LogP contribution in [0.5, 0.6) is 11.5 Å². The molecule has 37 heavy (non-hydrogen) atoms. The maximum atomic E-state index is 13.4. The number of urea groups is 1. The van der Waals surface area contributed by atoms with E-state index in [0.717, 1.165) is 41.0 Å². The number of amides is 2. The number of piperidine rings is 1. The Morgan fingerprint density at radius 2 is 1.70 bits per heavy atom. The van der Waals surface area contributed by atoms with E-state index in [9.17, 15) is 18.0 Å². The van der Waals surface area contributed by atoms with Crippen LogP contribution in [-0.2, 0) is 6.54 Å². The van der Waals surface area contributed by atoms with Crippen molar-refractivity contribution in [2.24, 2.45) is 0 Å². The highest BCUT2D eigenvalue weighted by atomic mass is 19.4. The Labute approximate surface area is 213 Å². The molecule has 1 atom stereocenters. The molecule has 5 rings (SSSR count). The van der Waals surface area contributed by atoms with Crippen LogP contribution in [0.25, 0.3) is 0 Å². The second-order valence-electron chi connectivity index (χ2n) is 9.31. The number of halogens is 3. The first-order chi connectivity index (χ1) is 17.8. The summed E-state index contributed by atoms with van der Waals surface area (Å²) in [5.74, 6) is 0.506. The molecule has 2 aliphatic rings. The van der Waals surface area contributed by atoms with Gasteiger partial charge in [-0.05, 0) is 54.3 Å². The van der Waals surface area contributed by atoms with Crippen LogP contribution in [0.3, 0.4) is 0 Å². The molecule has 1 unspecified atom stereocenters. The first-order valence-electron chi connectivity index (χ1n) is 12.2. The molecule has 0 aliphatic carbocycles. The van der Waals surface area contributed by atoms with Gasteiger partial charge in [-0.25, -0.2) is 4.79 Å². The van der Waals surface area contributed by atoms with Crippen molar-refractivity contribution in [1.29, 1.82) is 0 Å². The number of anilines is 1. The van der Waals surface area contributed by atoms with Gasteiger partial charge in [-0.2, -0.15) is 0 Å². The van der Waals surface area contributed by atoms with E-state index in [2.05, 4.69) is 15.0 Å². The van der Waals surface area contributed by atoms with Crippen LogP contribution in [0.4, 0.5) is 23.7 Å². The highest BCUT2D eigenvalue weighted by Gasteiger charge is 2.39. The number of ether oxygens (including phenoxy) is 2. The van der Waals surface area contributed by atoms with Crippen molar-refractivity contribution >= 4 is 11.7 Å². The predicted octanol–water partition coefficient (Wildman–Crippen LogP) is 6.20. The lowest BCUT2D eigenvalue weighted by Gasteiger charge is -2.45. The zero-order valence-electron chi connectivity index (χ0n) is 20.4. The van der Waals surface area contributed by atoms with E-state index in [-0.39, 0.29) is 23.9 Å². The van der Waals surface area contributed by atoms with Gasteiger partial charge in [-0.15, -0.1) is 13.2 Å². The molecule has 0 aromatic heterocycles. The summed E-state index contributed by atoms with van der Waals surface area (Å²) < 4.78 is 47.3. The average Bonchev–Trinajstić information content (AvgIpc) is 2.88. The summed E-state index contributed by atoms with van der Waals surface area (Å²) in [6.07, 6.45) is -3.23. The largest absolute Gasteiger partial charge is 0.573 e. The molecule has 194 valence electrons. The topological polar surface area (TPSA) is 54.0 Å². The monoisotopic (exact) mass is 511 g/mol. The normalized spacial score (nSPS) is 18.8. The summed E-state index contributed by atoms with van der Waals surface area (Å²) >= 11 is 0. The van der Waals surface area contributed by atoms with Gasteiger partial charge in [0.1, 0.15) is 11.5 Å². The summed E-state index contributed by atoms with van der Waals surface area (Å²) in [5.41, 5.74) is 3.53. The summed E-state index contributed by atoms with van der Waals surface area (Å²) in [6.45, 7) is 1.94. The molecule has 3 aromatic carbocycles. The SMILES string of the molecule is COc1ccc2c(c1)C(c1ccccc1)N(C1CCN(Cc3cccc(OC(F)(F)F)c3)CC1)C(=O)N2. The van der Waals surface area contributed by atoms with Crippen LogP contribution in [0.15, 0.2) is 72.8 Å². The quantitative estimate of drug-likeness (QED) is 0.429. The number of benzene rings is 3. The minimum atomic E-state index is -4.72. The molecule has 1 saturated heterocycles. The lowest BCUT2D eigenvalue weighted by molar-refractivity contribution is -0.274. The van der Waals surface area contributed by atoms with Crippen LogP contribution in [0, 0.1) is 0 Å². The summed E-state index contributed by atoms with van der Waals surface area (Å²) in [7, 11) is 1.62. The van der Waals surface area contributed by atoms with Crippen molar-refractivity contribution in [3.05, 3.63) is 89.5 Å². The zero-order valence-corrected chi connectivity index (χ0v) is 20.4. The lowest BCUT2D eigenvalue weighted by Crippen LogP contribution is -2.52. The number of hydrogen-bond donors (Lipinski definition) is 1. The number of likely N-dealkylation sites (tertiary alicyclic amines) is 1. The van der Waals surface area contributed by atoms with E-state index < -0.39 is 6.36 Å². The van der Waals surface area contributed by atoms with Crippen LogP contribution in [0.1, 0.15) is 35.6 Å². The van der Waals surface area contributed by atoms with Crippen molar-refractivity contribution in [2.75, 3.05) is 25.5 Å². The first kappa shape index (κ1) is 25.0. The van der Waals surface area contributed by atoms with Crippen molar-refractivity contribution in [3.8, 4) is 11.5 Å². The molecule has 0 spiro atoms. The number of carbonyl (C=O) groups excluding carboxylic acids is 1. The third-order valence-electron chi connectivity index (χ3n) is 6.91. The zero-order chi connectivity index (χ0) is 26.0. The number of alkyl halides is 3. The second kappa shape index (κ2) is 10.3. The molecule has 2 aliphatic heterocycles. The van der Waals surface area contributed by atoms with Gasteiger partial charge in [0.25, 0.3) is 0 Å². The van der Waals surface area contributed by atoms with Crippen molar-refractivity contribution in [3.63, 3.8) is 0 Å². The third kappa shape index (κ3) is 5.67. The Morgan fingerprint density at radius 3 is 2.41 bits per heavy atom. The maximum absolute atomic E-state index is 13.4. The minimum Gasteiger partial charge on any atom is -0.497 e. The van der Waals surface area contributed by atoms with Gasteiger partial charge in [0, 0.05) is 36.9 Å². The maximum Gasteiger partial charge on any atom is 0.573 e. The molecule has 3 aromatic rings. The molecule has 6 nitrogen and oxygen atoms in total. The number of nitrogens with one attached hydrogen (secondary N) is 1. The van der Waals surface area contributed by atoms with Crippen LogP contribution in [0.2, 0.25) is 0 Å². The fraction of sp³-hybridized carbons (Fsp3) is 0.321. The number of nitrogens with zero attached hydrogens (tertiary/aromatic N) is 2. The Morgan fingerprint density at radius 1 is 0.946 bits per heavy atom.